The Kier molecular flexibility index (Phi) is 4.03. The summed E-state index contributed by atoms with van der Waals surface area (Å²) in [7, 11) is 0. The van der Waals surface area contributed by atoms with Gasteiger partial charge >= 0.3 is 6.09 Å². The number of ether oxygens (including phenoxy) is 2. The topological polar surface area (TPSA) is 73.6 Å². The summed E-state index contributed by atoms with van der Waals surface area (Å²) < 4.78 is 9.53. The lowest BCUT2D eigenvalue weighted by atomic mass is 10.3. The Labute approximate surface area is 85.7 Å². The molecule has 14 heavy (non-hydrogen) atoms. The quantitative estimate of drug-likeness (QED) is 0.346. The van der Waals surface area contributed by atoms with Crippen molar-refractivity contribution in [1.82, 2.24) is 5.43 Å². The standard InChI is InChI=1S/C8H9ClN2O3/c9-6-1-3-7(4-2-6)13-5-14-8(12)11-10/h1-4H,5,10H2,(H,11,12). The minimum atomic E-state index is -0.751. The van der Waals surface area contributed by atoms with Gasteiger partial charge in [0.1, 0.15) is 5.75 Å². The largest absolute Gasteiger partial charge is 0.457 e. The van der Waals surface area contributed by atoms with Gasteiger partial charge in [0.05, 0.1) is 0 Å². The number of carbonyl (C=O) groups is 1. The van der Waals surface area contributed by atoms with E-state index in [2.05, 4.69) is 4.74 Å². The van der Waals surface area contributed by atoms with Crippen molar-refractivity contribution in [3.05, 3.63) is 29.3 Å². The van der Waals surface area contributed by atoms with Crippen molar-refractivity contribution < 1.29 is 14.3 Å². The summed E-state index contributed by atoms with van der Waals surface area (Å²) in [6.45, 7) is -0.204. The van der Waals surface area contributed by atoms with Crippen LogP contribution in [0.3, 0.4) is 0 Å². The second-order valence-corrected chi connectivity index (χ2v) is 2.73. The number of carbonyl (C=O) groups excluding carboxylic acids is 1. The van der Waals surface area contributed by atoms with Crippen molar-refractivity contribution in [1.29, 1.82) is 0 Å². The lowest BCUT2D eigenvalue weighted by Crippen LogP contribution is -2.31. The van der Waals surface area contributed by atoms with Gasteiger partial charge in [-0.25, -0.2) is 10.6 Å². The van der Waals surface area contributed by atoms with Crippen LogP contribution in [-0.4, -0.2) is 12.9 Å². The molecule has 5 nitrogen and oxygen atoms in total. The van der Waals surface area contributed by atoms with Crippen molar-refractivity contribution in [2.45, 2.75) is 0 Å². The molecule has 0 spiro atoms. The highest BCUT2D eigenvalue weighted by Crippen LogP contribution is 2.15. The summed E-state index contributed by atoms with van der Waals surface area (Å²) >= 11 is 5.65. The molecule has 0 saturated heterocycles. The SMILES string of the molecule is NNC(=O)OCOc1ccc(Cl)cc1. The van der Waals surface area contributed by atoms with Crippen molar-refractivity contribution in [2.75, 3.05) is 6.79 Å². The Bertz CT molecular complexity index is 302. The fourth-order valence-electron chi connectivity index (χ4n) is 0.724. The summed E-state index contributed by atoms with van der Waals surface area (Å²) in [6.07, 6.45) is -0.751. The van der Waals surface area contributed by atoms with Crippen LogP contribution in [0.1, 0.15) is 0 Å². The first-order valence-electron chi connectivity index (χ1n) is 3.74. The highest BCUT2D eigenvalue weighted by atomic mass is 35.5. The fourth-order valence-corrected chi connectivity index (χ4v) is 0.849. The normalized spacial score (nSPS) is 9.29. The third kappa shape index (κ3) is 3.51. The summed E-state index contributed by atoms with van der Waals surface area (Å²) in [4.78, 5) is 10.5. The number of rotatable bonds is 3. The van der Waals surface area contributed by atoms with Crippen LogP contribution in [0, 0.1) is 0 Å². The number of amides is 1. The number of hydrogen-bond donors (Lipinski definition) is 2. The molecule has 0 saturated carbocycles. The Morgan fingerprint density at radius 1 is 1.43 bits per heavy atom. The summed E-state index contributed by atoms with van der Waals surface area (Å²) in [6, 6.07) is 6.65. The maximum Gasteiger partial charge on any atom is 0.424 e. The molecule has 0 unspecified atom stereocenters. The molecule has 1 aromatic rings. The minimum Gasteiger partial charge on any atom is -0.457 e. The zero-order chi connectivity index (χ0) is 10.4. The van der Waals surface area contributed by atoms with Gasteiger partial charge < -0.3 is 9.47 Å². The molecule has 0 bridgehead atoms. The number of benzene rings is 1. The highest BCUT2D eigenvalue weighted by molar-refractivity contribution is 6.30. The first-order valence-corrected chi connectivity index (χ1v) is 4.12. The maximum atomic E-state index is 10.5. The molecule has 6 heteroatoms. The predicted octanol–water partition coefficient (Wildman–Crippen LogP) is 1.28. The number of halogens is 1. The van der Waals surface area contributed by atoms with E-state index in [0.29, 0.717) is 10.8 Å². The Morgan fingerprint density at radius 2 is 2.07 bits per heavy atom. The van der Waals surface area contributed by atoms with Gasteiger partial charge in [0.2, 0.25) is 6.79 Å². The smallest absolute Gasteiger partial charge is 0.424 e. The Morgan fingerprint density at radius 3 is 2.64 bits per heavy atom. The lowest BCUT2D eigenvalue weighted by Gasteiger charge is -2.06. The molecule has 0 aliphatic carbocycles. The maximum absolute atomic E-state index is 10.5. The molecule has 0 aromatic heterocycles. The summed E-state index contributed by atoms with van der Waals surface area (Å²) in [5.74, 6) is 5.33. The van der Waals surface area contributed by atoms with E-state index in [1.807, 2.05) is 0 Å². The monoisotopic (exact) mass is 216 g/mol. The molecular weight excluding hydrogens is 208 g/mol. The van der Waals surface area contributed by atoms with Crippen LogP contribution in [0.5, 0.6) is 5.75 Å². The average molecular weight is 217 g/mol. The van der Waals surface area contributed by atoms with E-state index < -0.39 is 6.09 Å². The third-order valence-electron chi connectivity index (χ3n) is 1.35. The van der Waals surface area contributed by atoms with Gasteiger partial charge in [0, 0.05) is 5.02 Å². The van der Waals surface area contributed by atoms with E-state index in [4.69, 9.17) is 22.2 Å². The molecule has 0 atom stereocenters. The van der Waals surface area contributed by atoms with E-state index in [1.54, 1.807) is 29.7 Å². The molecule has 1 aromatic carbocycles. The minimum absolute atomic E-state index is 0.204. The Hall–Kier alpha value is -1.46. The molecule has 1 amide bonds. The molecule has 1 rings (SSSR count). The van der Waals surface area contributed by atoms with Crippen LogP contribution in [0.2, 0.25) is 5.02 Å². The van der Waals surface area contributed by atoms with E-state index in [0.717, 1.165) is 0 Å². The zero-order valence-electron chi connectivity index (χ0n) is 7.20. The van der Waals surface area contributed by atoms with Crippen LogP contribution >= 0.6 is 11.6 Å². The molecule has 0 heterocycles. The molecule has 76 valence electrons. The molecule has 0 aliphatic heterocycles. The second kappa shape index (κ2) is 5.31. The van der Waals surface area contributed by atoms with Gasteiger partial charge in [-0.05, 0) is 24.3 Å². The van der Waals surface area contributed by atoms with Crippen molar-refractivity contribution >= 4 is 17.7 Å². The second-order valence-electron chi connectivity index (χ2n) is 2.29. The molecular formula is C8H9ClN2O3. The van der Waals surface area contributed by atoms with Crippen LogP contribution in [-0.2, 0) is 4.74 Å². The van der Waals surface area contributed by atoms with Crippen molar-refractivity contribution in [3.63, 3.8) is 0 Å². The predicted molar refractivity (Wildman–Crippen MR) is 50.8 cm³/mol. The first kappa shape index (κ1) is 10.6. The number of hydrazine groups is 1. The fraction of sp³-hybridized carbons (Fsp3) is 0.125. The van der Waals surface area contributed by atoms with E-state index in [9.17, 15) is 4.79 Å². The van der Waals surface area contributed by atoms with E-state index >= 15 is 0 Å². The van der Waals surface area contributed by atoms with Gasteiger partial charge in [-0.15, -0.1) is 0 Å². The van der Waals surface area contributed by atoms with Gasteiger partial charge in [0.15, 0.2) is 0 Å². The van der Waals surface area contributed by atoms with Crippen LogP contribution in [0.25, 0.3) is 0 Å². The Balaban J connectivity index is 2.31. The van der Waals surface area contributed by atoms with Gasteiger partial charge in [-0.2, -0.15) is 0 Å². The van der Waals surface area contributed by atoms with Crippen LogP contribution in [0.15, 0.2) is 24.3 Å². The highest BCUT2D eigenvalue weighted by Gasteiger charge is 1.98. The molecule has 0 radical (unpaired) electrons. The van der Waals surface area contributed by atoms with Crippen molar-refractivity contribution in [3.8, 4) is 5.75 Å². The lowest BCUT2D eigenvalue weighted by molar-refractivity contribution is 0.0596. The molecule has 0 aliphatic rings. The van der Waals surface area contributed by atoms with E-state index in [1.165, 1.54) is 0 Å². The van der Waals surface area contributed by atoms with Crippen LogP contribution in [0.4, 0.5) is 4.79 Å². The molecule has 0 fully saturated rings. The number of nitrogens with one attached hydrogen (secondary N) is 1. The first-order chi connectivity index (χ1) is 6.72. The molecule has 3 N–H and O–H groups in total. The third-order valence-corrected chi connectivity index (χ3v) is 1.60. The zero-order valence-corrected chi connectivity index (χ0v) is 7.95. The van der Waals surface area contributed by atoms with Gasteiger partial charge in [-0.3, -0.25) is 5.43 Å². The van der Waals surface area contributed by atoms with E-state index in [-0.39, 0.29) is 6.79 Å². The van der Waals surface area contributed by atoms with Gasteiger partial charge in [-0.1, -0.05) is 11.6 Å². The van der Waals surface area contributed by atoms with Crippen molar-refractivity contribution in [2.24, 2.45) is 5.84 Å². The number of hydrogen-bond acceptors (Lipinski definition) is 4. The average Bonchev–Trinajstić information content (AvgIpc) is 2.21. The summed E-state index contributed by atoms with van der Waals surface area (Å²) in [5, 5.41) is 0.609. The summed E-state index contributed by atoms with van der Waals surface area (Å²) in [5.41, 5.74) is 1.80. The van der Waals surface area contributed by atoms with Crippen LogP contribution < -0.4 is 16.0 Å². The van der Waals surface area contributed by atoms with Gasteiger partial charge in [0.25, 0.3) is 0 Å². The number of nitrogens with two attached hydrogens (primary N) is 1.